The van der Waals surface area contributed by atoms with Crippen molar-refractivity contribution in [3.63, 3.8) is 0 Å². The normalized spacial score (nSPS) is 11.1. The molecule has 3 N–H and O–H groups in total. The summed E-state index contributed by atoms with van der Waals surface area (Å²) in [6.07, 6.45) is 2.95. The molecule has 0 atom stereocenters. The molecule has 0 spiro atoms. The van der Waals surface area contributed by atoms with Gasteiger partial charge in [-0.25, -0.2) is 19.3 Å². The number of nitrogens with one attached hydrogen (secondary N) is 1. The number of fused-ring (bicyclic) bond motifs is 1. The van der Waals surface area contributed by atoms with Gasteiger partial charge >= 0.3 is 0 Å². The van der Waals surface area contributed by atoms with Crippen LogP contribution in [0.2, 0.25) is 0 Å². The molecule has 3 aromatic rings. The van der Waals surface area contributed by atoms with E-state index in [0.717, 1.165) is 5.56 Å². The lowest BCUT2D eigenvalue weighted by Gasteiger charge is -2.04. The Labute approximate surface area is 112 Å². The van der Waals surface area contributed by atoms with Gasteiger partial charge in [0.15, 0.2) is 5.65 Å². The van der Waals surface area contributed by atoms with Gasteiger partial charge in [0.2, 0.25) is 0 Å². The smallest absolute Gasteiger partial charge is 0.181 e. The summed E-state index contributed by atoms with van der Waals surface area (Å²) in [6, 6.07) is 4.94. The van der Waals surface area contributed by atoms with Crippen LogP contribution in [0, 0.1) is 5.82 Å². The highest BCUT2D eigenvalue weighted by Gasteiger charge is 2.10. The van der Waals surface area contributed by atoms with Crippen LogP contribution in [0.1, 0.15) is 5.56 Å². The molecule has 7 heteroatoms. The third-order valence-electron chi connectivity index (χ3n) is 2.63. The van der Waals surface area contributed by atoms with E-state index >= 15 is 0 Å². The minimum Gasteiger partial charge on any atom is -0.341 e. The minimum atomic E-state index is -0.306. The lowest BCUT2D eigenvalue weighted by Crippen LogP contribution is -1.97. The minimum absolute atomic E-state index is 0.306. The van der Waals surface area contributed by atoms with Crippen LogP contribution < -0.4 is 5.73 Å². The van der Waals surface area contributed by atoms with Crippen LogP contribution in [-0.2, 0) is 6.54 Å². The summed E-state index contributed by atoms with van der Waals surface area (Å²) >= 11 is 1.23. The topological polar surface area (TPSA) is 80.5 Å². The maximum Gasteiger partial charge on any atom is 0.181 e. The van der Waals surface area contributed by atoms with Crippen molar-refractivity contribution in [3.05, 3.63) is 42.2 Å². The van der Waals surface area contributed by atoms with Crippen molar-refractivity contribution < 1.29 is 4.39 Å². The third kappa shape index (κ3) is 2.29. The Morgan fingerprint density at radius 2 is 2.16 bits per heavy atom. The first-order chi connectivity index (χ1) is 9.28. The molecule has 3 rings (SSSR count). The van der Waals surface area contributed by atoms with Crippen molar-refractivity contribution in [2.24, 2.45) is 5.73 Å². The molecule has 5 nitrogen and oxygen atoms in total. The van der Waals surface area contributed by atoms with Gasteiger partial charge in [0.25, 0.3) is 0 Å². The van der Waals surface area contributed by atoms with Crippen LogP contribution in [0.25, 0.3) is 11.2 Å². The van der Waals surface area contributed by atoms with E-state index in [-0.39, 0.29) is 5.82 Å². The molecule has 0 unspecified atom stereocenters. The van der Waals surface area contributed by atoms with Gasteiger partial charge in [-0.05, 0) is 17.7 Å². The van der Waals surface area contributed by atoms with Gasteiger partial charge in [0.05, 0.1) is 6.33 Å². The summed E-state index contributed by atoms with van der Waals surface area (Å²) in [5, 5.41) is 0.641. The van der Waals surface area contributed by atoms with Crippen LogP contribution in [0.4, 0.5) is 4.39 Å². The Kier molecular flexibility index (Phi) is 3.14. The molecule has 0 aliphatic rings. The van der Waals surface area contributed by atoms with E-state index in [1.807, 2.05) is 0 Å². The van der Waals surface area contributed by atoms with Crippen LogP contribution in [0.3, 0.4) is 0 Å². The van der Waals surface area contributed by atoms with Crippen LogP contribution in [-0.4, -0.2) is 19.9 Å². The van der Waals surface area contributed by atoms with Crippen molar-refractivity contribution in [1.82, 2.24) is 19.9 Å². The molecular weight excluding hydrogens is 265 g/mol. The average molecular weight is 275 g/mol. The molecule has 0 radical (unpaired) electrons. The zero-order valence-electron chi connectivity index (χ0n) is 9.80. The largest absolute Gasteiger partial charge is 0.341 e. The molecule has 0 saturated carbocycles. The fourth-order valence-corrected chi connectivity index (χ4v) is 2.53. The summed E-state index contributed by atoms with van der Waals surface area (Å²) in [5.41, 5.74) is 7.50. The van der Waals surface area contributed by atoms with Gasteiger partial charge < -0.3 is 10.7 Å². The highest BCUT2D eigenvalue weighted by Crippen LogP contribution is 2.31. The molecule has 19 heavy (non-hydrogen) atoms. The summed E-state index contributed by atoms with van der Waals surface area (Å²) in [4.78, 5) is 15.6. The lowest BCUT2D eigenvalue weighted by atomic mass is 10.2. The first kappa shape index (κ1) is 12.1. The Balaban J connectivity index is 1.99. The van der Waals surface area contributed by atoms with Gasteiger partial charge in [-0.3, -0.25) is 0 Å². The molecule has 0 fully saturated rings. The van der Waals surface area contributed by atoms with Crippen molar-refractivity contribution in [3.8, 4) is 0 Å². The number of benzene rings is 1. The SMILES string of the molecule is NCc1ccc(Sc2ncnc3nc[nH]c23)c(F)c1. The summed E-state index contributed by atoms with van der Waals surface area (Å²) in [5.74, 6) is -0.306. The number of hydrogen-bond acceptors (Lipinski definition) is 5. The summed E-state index contributed by atoms with van der Waals surface area (Å²) in [7, 11) is 0. The molecule has 0 aliphatic carbocycles. The van der Waals surface area contributed by atoms with Crippen LogP contribution in [0.5, 0.6) is 0 Å². The van der Waals surface area contributed by atoms with Crippen molar-refractivity contribution in [2.75, 3.05) is 0 Å². The predicted octanol–water partition coefficient (Wildman–Crippen LogP) is 2.10. The highest BCUT2D eigenvalue weighted by atomic mass is 32.2. The van der Waals surface area contributed by atoms with Crippen molar-refractivity contribution in [2.45, 2.75) is 16.5 Å². The third-order valence-corrected chi connectivity index (χ3v) is 3.68. The van der Waals surface area contributed by atoms with Crippen molar-refractivity contribution >= 4 is 22.9 Å². The molecule has 0 aliphatic heterocycles. The summed E-state index contributed by atoms with van der Waals surface area (Å²) < 4.78 is 13.9. The van der Waals surface area contributed by atoms with E-state index in [1.165, 1.54) is 30.5 Å². The van der Waals surface area contributed by atoms with Gasteiger partial charge in [0.1, 0.15) is 22.7 Å². The fourth-order valence-electron chi connectivity index (χ4n) is 1.68. The lowest BCUT2D eigenvalue weighted by molar-refractivity contribution is 0.599. The molecule has 2 heterocycles. The predicted molar refractivity (Wildman–Crippen MR) is 70.1 cm³/mol. The number of nitrogens with zero attached hydrogens (tertiary/aromatic N) is 3. The van der Waals surface area contributed by atoms with Gasteiger partial charge in [-0.2, -0.15) is 0 Å². The molecule has 96 valence electrons. The Morgan fingerprint density at radius 1 is 1.26 bits per heavy atom. The van der Waals surface area contributed by atoms with E-state index in [4.69, 9.17) is 5.73 Å². The molecule has 0 saturated heterocycles. The number of halogens is 1. The van der Waals surface area contributed by atoms with Crippen LogP contribution >= 0.6 is 11.8 Å². The standard InChI is InChI=1S/C12H10FN5S/c13-8-3-7(4-14)1-2-9(8)19-12-10-11(16-5-15-10)17-6-18-12/h1-3,5-6H,4,14H2,(H,15,16,17,18). The average Bonchev–Trinajstić information content (AvgIpc) is 2.90. The number of rotatable bonds is 3. The van der Waals surface area contributed by atoms with Crippen LogP contribution in [0.15, 0.2) is 40.8 Å². The number of hydrogen-bond donors (Lipinski definition) is 2. The van der Waals surface area contributed by atoms with Gasteiger partial charge in [-0.1, -0.05) is 17.8 Å². The zero-order valence-corrected chi connectivity index (χ0v) is 10.6. The Morgan fingerprint density at radius 3 is 2.95 bits per heavy atom. The highest BCUT2D eigenvalue weighted by molar-refractivity contribution is 7.99. The fraction of sp³-hybridized carbons (Fsp3) is 0.0833. The van der Waals surface area contributed by atoms with Gasteiger partial charge in [0, 0.05) is 11.4 Å². The first-order valence-electron chi connectivity index (χ1n) is 5.58. The maximum absolute atomic E-state index is 13.9. The van der Waals surface area contributed by atoms with E-state index in [2.05, 4.69) is 19.9 Å². The van der Waals surface area contributed by atoms with E-state index in [1.54, 1.807) is 12.1 Å². The number of aromatic amines is 1. The Hall–Kier alpha value is -1.99. The molecule has 0 amide bonds. The second-order valence-corrected chi connectivity index (χ2v) is 4.88. The molecule has 0 bridgehead atoms. The second kappa shape index (κ2) is 4.94. The number of aromatic nitrogens is 4. The number of H-pyrrole nitrogens is 1. The number of imidazole rings is 1. The second-order valence-electron chi connectivity index (χ2n) is 3.85. The zero-order chi connectivity index (χ0) is 13.2. The molecule has 2 aromatic heterocycles. The molecule has 1 aromatic carbocycles. The van der Waals surface area contributed by atoms with E-state index < -0.39 is 0 Å². The Bertz CT molecular complexity index is 727. The molecular formula is C12H10FN5S. The number of nitrogens with two attached hydrogens (primary N) is 1. The first-order valence-corrected chi connectivity index (χ1v) is 6.40. The quantitative estimate of drug-likeness (QED) is 0.715. The summed E-state index contributed by atoms with van der Waals surface area (Å²) in [6.45, 7) is 0.320. The van der Waals surface area contributed by atoms with Gasteiger partial charge in [-0.15, -0.1) is 0 Å². The maximum atomic E-state index is 13.9. The monoisotopic (exact) mass is 275 g/mol. The van der Waals surface area contributed by atoms with E-state index in [9.17, 15) is 4.39 Å². The van der Waals surface area contributed by atoms with Crippen molar-refractivity contribution in [1.29, 1.82) is 0 Å². The van der Waals surface area contributed by atoms with E-state index in [0.29, 0.717) is 27.6 Å².